The molecule has 0 bridgehead atoms. The summed E-state index contributed by atoms with van der Waals surface area (Å²) in [7, 11) is 0. The van der Waals surface area contributed by atoms with Gasteiger partial charge in [0.1, 0.15) is 11.2 Å². The van der Waals surface area contributed by atoms with Crippen molar-refractivity contribution in [1.82, 2.24) is 29.2 Å². The van der Waals surface area contributed by atoms with Gasteiger partial charge in [0.15, 0.2) is 0 Å². The van der Waals surface area contributed by atoms with Gasteiger partial charge >= 0.3 is 0 Å². The van der Waals surface area contributed by atoms with E-state index < -0.39 is 0 Å². The molecular weight excluding hydrogens is 380 g/mol. The number of amides is 1. The maximum atomic E-state index is 12.6. The van der Waals surface area contributed by atoms with Crippen molar-refractivity contribution in [2.75, 3.05) is 11.2 Å². The summed E-state index contributed by atoms with van der Waals surface area (Å²) in [6.45, 7) is 5.62. The number of anilines is 1. The van der Waals surface area contributed by atoms with Gasteiger partial charge in [0.2, 0.25) is 11.9 Å². The van der Waals surface area contributed by atoms with Crippen LogP contribution in [0.15, 0.2) is 17.2 Å². The van der Waals surface area contributed by atoms with E-state index in [0.717, 1.165) is 16.0 Å². The zero-order chi connectivity index (χ0) is 20.0. The van der Waals surface area contributed by atoms with E-state index in [2.05, 4.69) is 25.5 Å². The van der Waals surface area contributed by atoms with Gasteiger partial charge < -0.3 is 5.73 Å². The maximum absolute atomic E-state index is 12.6. The second kappa shape index (κ2) is 6.68. The smallest absolute Gasteiger partial charge is 0.280 e. The van der Waals surface area contributed by atoms with Gasteiger partial charge in [0.05, 0.1) is 11.8 Å². The minimum absolute atomic E-state index is 0.0225. The zero-order valence-corrected chi connectivity index (χ0v) is 16.4. The second-order valence-electron chi connectivity index (χ2n) is 6.36. The van der Waals surface area contributed by atoms with Crippen LogP contribution in [-0.2, 0) is 17.6 Å². The molecule has 11 heteroatoms. The summed E-state index contributed by atoms with van der Waals surface area (Å²) < 4.78 is 2.61. The molecule has 0 radical (unpaired) electrons. The van der Waals surface area contributed by atoms with E-state index in [4.69, 9.17) is 5.73 Å². The van der Waals surface area contributed by atoms with E-state index in [9.17, 15) is 9.59 Å². The van der Waals surface area contributed by atoms with Gasteiger partial charge in [-0.05, 0) is 26.3 Å². The number of aromatic nitrogens is 6. The number of nitrogen functional groups attached to an aromatic ring is 1. The molecule has 0 spiro atoms. The monoisotopic (exact) mass is 398 g/mol. The number of carbonyl (C=O) groups excluding carboxylic acids is 1. The minimum Gasteiger partial charge on any atom is -0.366 e. The number of nitrogens with zero attached hydrogens (tertiary/aromatic N) is 6. The second-order valence-corrected chi connectivity index (χ2v) is 7.47. The topological polar surface area (TPSA) is 133 Å². The van der Waals surface area contributed by atoms with Gasteiger partial charge in [0.25, 0.3) is 11.3 Å². The van der Waals surface area contributed by atoms with Gasteiger partial charge in [0, 0.05) is 21.8 Å². The molecule has 4 aromatic rings. The number of carbonyl (C=O) groups is 1. The number of hydrogen-bond acceptors (Lipinski definition) is 8. The first-order chi connectivity index (χ1) is 13.4. The summed E-state index contributed by atoms with van der Waals surface area (Å²) in [4.78, 5) is 39.6. The number of rotatable bonds is 4. The van der Waals surface area contributed by atoms with E-state index in [-0.39, 0.29) is 23.8 Å². The lowest BCUT2D eigenvalue weighted by Crippen LogP contribution is -2.34. The Morgan fingerprint density at radius 2 is 2.11 bits per heavy atom. The van der Waals surface area contributed by atoms with Crippen molar-refractivity contribution in [2.24, 2.45) is 0 Å². The highest BCUT2D eigenvalue weighted by Gasteiger charge is 2.16. The summed E-state index contributed by atoms with van der Waals surface area (Å²) in [6.07, 6.45) is 2.18. The van der Waals surface area contributed by atoms with Crippen LogP contribution in [0.2, 0.25) is 0 Å². The van der Waals surface area contributed by atoms with Crippen LogP contribution in [0.1, 0.15) is 28.8 Å². The van der Waals surface area contributed by atoms with Gasteiger partial charge in [-0.1, -0.05) is 6.92 Å². The third kappa shape index (κ3) is 2.99. The fourth-order valence-corrected chi connectivity index (χ4v) is 3.97. The highest BCUT2D eigenvalue weighted by atomic mass is 32.1. The third-order valence-electron chi connectivity index (χ3n) is 4.50. The van der Waals surface area contributed by atoms with Crippen molar-refractivity contribution in [3.63, 3.8) is 0 Å². The Morgan fingerprint density at radius 1 is 1.32 bits per heavy atom. The summed E-state index contributed by atoms with van der Waals surface area (Å²) >= 11 is 1.48. The molecule has 0 unspecified atom stereocenters. The first-order valence-corrected chi connectivity index (χ1v) is 9.47. The molecule has 0 saturated heterocycles. The Kier molecular flexibility index (Phi) is 4.30. The molecule has 28 heavy (non-hydrogen) atoms. The molecule has 1 amide bonds. The average molecular weight is 398 g/mol. The normalized spacial score (nSPS) is 11.4. The van der Waals surface area contributed by atoms with Crippen molar-refractivity contribution < 1.29 is 4.79 Å². The highest BCUT2D eigenvalue weighted by molar-refractivity contribution is 7.18. The number of nitrogens with one attached hydrogen (secondary N) is 1. The molecule has 0 atom stereocenters. The minimum atomic E-state index is -0.366. The van der Waals surface area contributed by atoms with Crippen LogP contribution in [0.25, 0.3) is 16.0 Å². The van der Waals surface area contributed by atoms with Crippen LogP contribution in [0.4, 0.5) is 5.95 Å². The highest BCUT2D eigenvalue weighted by Crippen LogP contribution is 2.21. The van der Waals surface area contributed by atoms with Gasteiger partial charge in [-0.25, -0.2) is 14.6 Å². The first kappa shape index (κ1) is 18.0. The maximum Gasteiger partial charge on any atom is 0.280 e. The molecule has 0 aliphatic heterocycles. The SMILES string of the molecule is CCc1cc2c(=O)n(NC(=O)Cc3c(C)nc4nc(N)nn4c3C)cnc2s1. The Balaban J connectivity index is 1.63. The van der Waals surface area contributed by atoms with E-state index in [1.807, 2.05) is 19.9 Å². The predicted molar refractivity (Wildman–Crippen MR) is 106 cm³/mol. The van der Waals surface area contributed by atoms with E-state index in [0.29, 0.717) is 32.9 Å². The van der Waals surface area contributed by atoms with Crippen LogP contribution in [0.5, 0.6) is 0 Å². The van der Waals surface area contributed by atoms with Crippen molar-refractivity contribution >= 4 is 39.2 Å². The zero-order valence-electron chi connectivity index (χ0n) is 15.6. The lowest BCUT2D eigenvalue weighted by Gasteiger charge is -2.11. The van der Waals surface area contributed by atoms with E-state index >= 15 is 0 Å². The molecule has 0 fully saturated rings. The number of aryl methyl sites for hydroxylation is 3. The van der Waals surface area contributed by atoms with E-state index in [1.54, 1.807) is 6.92 Å². The lowest BCUT2D eigenvalue weighted by molar-refractivity contribution is -0.116. The fourth-order valence-electron chi connectivity index (χ4n) is 3.04. The molecule has 0 aliphatic rings. The van der Waals surface area contributed by atoms with Gasteiger partial charge in [-0.2, -0.15) is 9.50 Å². The van der Waals surface area contributed by atoms with Crippen LogP contribution in [0.3, 0.4) is 0 Å². The number of fused-ring (bicyclic) bond motifs is 2. The molecule has 144 valence electrons. The standard InChI is InChI=1S/C17H18N8O2S/c1-4-10-5-12-14(28-10)19-7-24(15(12)27)22-13(26)6-11-8(2)20-17-21-16(18)23-25(17)9(11)3/h5,7H,4,6H2,1-3H3,(H2,18,23)(H,22,26). The molecular formula is C17H18N8O2S. The summed E-state index contributed by atoms with van der Waals surface area (Å²) in [6, 6.07) is 1.82. The summed E-state index contributed by atoms with van der Waals surface area (Å²) in [5.74, 6) is 0.131. The molecule has 10 nitrogen and oxygen atoms in total. The Labute approximate surface area is 163 Å². The molecule has 0 saturated carbocycles. The lowest BCUT2D eigenvalue weighted by atomic mass is 10.1. The van der Waals surface area contributed by atoms with Gasteiger partial charge in [-0.15, -0.1) is 16.4 Å². The Morgan fingerprint density at radius 3 is 2.86 bits per heavy atom. The van der Waals surface area contributed by atoms with Crippen molar-refractivity contribution in [3.05, 3.63) is 44.6 Å². The molecule has 0 aromatic carbocycles. The van der Waals surface area contributed by atoms with Crippen molar-refractivity contribution in [3.8, 4) is 0 Å². The van der Waals surface area contributed by atoms with Crippen molar-refractivity contribution in [1.29, 1.82) is 0 Å². The first-order valence-electron chi connectivity index (χ1n) is 8.65. The molecule has 3 N–H and O–H groups in total. The van der Waals surface area contributed by atoms with Crippen LogP contribution >= 0.6 is 11.3 Å². The van der Waals surface area contributed by atoms with E-state index in [1.165, 1.54) is 22.2 Å². The Hall–Kier alpha value is -3.34. The third-order valence-corrected chi connectivity index (χ3v) is 5.69. The quantitative estimate of drug-likeness (QED) is 0.523. The molecule has 4 heterocycles. The van der Waals surface area contributed by atoms with Crippen LogP contribution in [-0.4, -0.2) is 35.1 Å². The fraction of sp³-hybridized carbons (Fsp3) is 0.294. The summed E-state index contributed by atoms with van der Waals surface area (Å²) in [5.41, 5.74) is 9.98. The predicted octanol–water partition coefficient (Wildman–Crippen LogP) is 0.970. The summed E-state index contributed by atoms with van der Waals surface area (Å²) in [5, 5.41) is 4.59. The molecule has 4 rings (SSSR count). The number of thiophene rings is 1. The number of hydrogen-bond donors (Lipinski definition) is 2. The average Bonchev–Trinajstić information content (AvgIpc) is 3.24. The van der Waals surface area contributed by atoms with Gasteiger partial charge in [-0.3, -0.25) is 15.0 Å². The Bertz CT molecular complexity index is 1290. The van der Waals surface area contributed by atoms with Crippen LogP contribution < -0.4 is 16.7 Å². The molecule has 4 aromatic heterocycles. The van der Waals surface area contributed by atoms with Crippen molar-refractivity contribution in [2.45, 2.75) is 33.6 Å². The molecule has 0 aliphatic carbocycles. The number of nitrogens with two attached hydrogens (primary N) is 1. The largest absolute Gasteiger partial charge is 0.366 e. The van der Waals surface area contributed by atoms with Crippen LogP contribution in [0, 0.1) is 13.8 Å².